The maximum absolute atomic E-state index is 13.3. The Morgan fingerprint density at radius 1 is 0.970 bits per heavy atom. The van der Waals surface area contributed by atoms with E-state index in [4.69, 9.17) is 4.74 Å². The molecule has 3 heterocycles. The van der Waals surface area contributed by atoms with E-state index in [2.05, 4.69) is 46.4 Å². The zero-order valence-corrected chi connectivity index (χ0v) is 18.4. The van der Waals surface area contributed by atoms with Crippen LogP contribution >= 0.6 is 0 Å². The normalized spacial score (nSPS) is 25.9. The minimum atomic E-state index is -1.00. The number of benzene rings is 2. The highest BCUT2D eigenvalue weighted by atomic mass is 16.6. The van der Waals surface area contributed by atoms with Crippen molar-refractivity contribution in [2.45, 2.75) is 55.7 Å². The van der Waals surface area contributed by atoms with Gasteiger partial charge in [-0.25, -0.2) is 14.8 Å². The highest BCUT2D eigenvalue weighted by molar-refractivity contribution is 5.79. The van der Waals surface area contributed by atoms with Gasteiger partial charge < -0.3 is 14.7 Å². The van der Waals surface area contributed by atoms with E-state index in [1.54, 1.807) is 12.4 Å². The average molecular weight is 442 g/mol. The molecule has 0 saturated carbocycles. The van der Waals surface area contributed by atoms with E-state index in [9.17, 15) is 9.90 Å². The summed E-state index contributed by atoms with van der Waals surface area (Å²) >= 11 is 0. The molecule has 168 valence electrons. The van der Waals surface area contributed by atoms with Gasteiger partial charge in [0.1, 0.15) is 12.9 Å². The molecule has 1 amide bonds. The van der Waals surface area contributed by atoms with Crippen molar-refractivity contribution in [2.75, 3.05) is 6.61 Å². The van der Waals surface area contributed by atoms with Crippen LogP contribution in [0.5, 0.6) is 0 Å². The zero-order valence-electron chi connectivity index (χ0n) is 18.4. The number of carbonyl (C=O) groups is 1. The van der Waals surface area contributed by atoms with E-state index in [0.29, 0.717) is 19.4 Å². The second kappa shape index (κ2) is 7.96. The third-order valence-corrected chi connectivity index (χ3v) is 7.65. The van der Waals surface area contributed by atoms with E-state index >= 15 is 0 Å². The van der Waals surface area contributed by atoms with Gasteiger partial charge in [0.25, 0.3) is 0 Å². The number of carbonyl (C=O) groups excluding carboxylic acids is 1. The van der Waals surface area contributed by atoms with Gasteiger partial charge in [0, 0.05) is 48.8 Å². The molecule has 6 rings (SSSR count). The van der Waals surface area contributed by atoms with Gasteiger partial charge in [-0.2, -0.15) is 0 Å². The van der Waals surface area contributed by atoms with Crippen LogP contribution in [0.25, 0.3) is 11.1 Å². The molecule has 6 nitrogen and oxygen atoms in total. The second-order valence-electron chi connectivity index (χ2n) is 9.52. The van der Waals surface area contributed by atoms with E-state index in [1.165, 1.54) is 28.6 Å². The molecule has 2 fully saturated rings. The molecule has 1 N–H and O–H groups in total. The van der Waals surface area contributed by atoms with Gasteiger partial charge in [-0.15, -0.1) is 0 Å². The summed E-state index contributed by atoms with van der Waals surface area (Å²) in [5.41, 5.74) is 4.59. The van der Waals surface area contributed by atoms with Crippen molar-refractivity contribution in [3.63, 3.8) is 0 Å². The lowest BCUT2D eigenvalue weighted by Gasteiger charge is -2.51. The predicted octanol–water partition coefficient (Wildman–Crippen LogP) is 4.63. The van der Waals surface area contributed by atoms with Crippen molar-refractivity contribution in [2.24, 2.45) is 0 Å². The third kappa shape index (κ3) is 3.40. The van der Waals surface area contributed by atoms with Crippen molar-refractivity contribution in [1.82, 2.24) is 14.9 Å². The lowest BCUT2D eigenvalue weighted by atomic mass is 9.73. The first kappa shape index (κ1) is 20.4. The molecule has 2 aliphatic heterocycles. The van der Waals surface area contributed by atoms with Gasteiger partial charge in [-0.3, -0.25) is 0 Å². The Labute approximate surface area is 193 Å². The Morgan fingerprint density at radius 2 is 1.55 bits per heavy atom. The van der Waals surface area contributed by atoms with E-state index < -0.39 is 5.60 Å². The van der Waals surface area contributed by atoms with Crippen LogP contribution in [0.3, 0.4) is 0 Å². The van der Waals surface area contributed by atoms with Crippen LogP contribution in [0.2, 0.25) is 0 Å². The van der Waals surface area contributed by atoms with E-state index in [0.717, 1.165) is 24.8 Å². The fraction of sp³-hybridized carbons (Fsp3) is 0.370. The summed E-state index contributed by atoms with van der Waals surface area (Å²) in [6.45, 7) is 0.319. The first-order valence-electron chi connectivity index (χ1n) is 11.8. The SMILES string of the molecule is O=C(OCC1c2ccccc2-c2ccccc21)N1C2CCCC1CC(O)(c1cncnc1)C2. The molecule has 0 spiro atoms. The quantitative estimate of drug-likeness (QED) is 0.641. The predicted molar refractivity (Wildman–Crippen MR) is 123 cm³/mol. The van der Waals surface area contributed by atoms with Gasteiger partial charge in [0.05, 0.1) is 5.60 Å². The van der Waals surface area contributed by atoms with Crippen molar-refractivity contribution >= 4 is 6.09 Å². The van der Waals surface area contributed by atoms with E-state index in [-0.39, 0.29) is 24.1 Å². The second-order valence-corrected chi connectivity index (χ2v) is 9.52. The fourth-order valence-corrected chi connectivity index (χ4v) is 6.17. The number of hydrogen-bond donors (Lipinski definition) is 1. The van der Waals surface area contributed by atoms with Crippen molar-refractivity contribution < 1.29 is 14.6 Å². The number of ether oxygens (including phenoxy) is 1. The third-order valence-electron chi connectivity index (χ3n) is 7.65. The largest absolute Gasteiger partial charge is 0.448 e. The first-order chi connectivity index (χ1) is 16.1. The Balaban J connectivity index is 1.21. The Bertz CT molecular complexity index is 1120. The molecule has 2 atom stereocenters. The summed E-state index contributed by atoms with van der Waals surface area (Å²) < 4.78 is 5.97. The molecule has 0 radical (unpaired) electrons. The molecule has 1 aliphatic carbocycles. The zero-order chi connectivity index (χ0) is 22.4. The van der Waals surface area contributed by atoms with Gasteiger partial charge in [0.15, 0.2) is 0 Å². The van der Waals surface area contributed by atoms with Crippen LogP contribution in [0.4, 0.5) is 4.79 Å². The van der Waals surface area contributed by atoms with Crippen LogP contribution in [-0.4, -0.2) is 44.8 Å². The molecular formula is C27H27N3O3. The number of piperidine rings is 2. The molecule has 3 aliphatic rings. The molecule has 1 aromatic heterocycles. The van der Waals surface area contributed by atoms with Gasteiger partial charge in [0.2, 0.25) is 0 Å². The summed E-state index contributed by atoms with van der Waals surface area (Å²) in [5.74, 6) is 0.0457. The van der Waals surface area contributed by atoms with Crippen LogP contribution in [0, 0.1) is 0 Å². The van der Waals surface area contributed by atoms with Crippen LogP contribution < -0.4 is 0 Å². The number of hydrogen-bond acceptors (Lipinski definition) is 5. The topological polar surface area (TPSA) is 75.5 Å². The lowest BCUT2D eigenvalue weighted by Crippen LogP contribution is -2.59. The Hall–Kier alpha value is -3.25. The summed E-state index contributed by atoms with van der Waals surface area (Å²) in [4.78, 5) is 23.4. The summed E-state index contributed by atoms with van der Waals surface area (Å²) in [7, 11) is 0. The molecule has 2 bridgehead atoms. The highest BCUT2D eigenvalue weighted by Gasteiger charge is 2.49. The highest BCUT2D eigenvalue weighted by Crippen LogP contribution is 2.46. The number of nitrogens with zero attached hydrogens (tertiary/aromatic N) is 3. The molecule has 3 aromatic rings. The van der Waals surface area contributed by atoms with Gasteiger partial charge in [-0.1, -0.05) is 48.5 Å². The van der Waals surface area contributed by atoms with Crippen molar-refractivity contribution in [1.29, 1.82) is 0 Å². The molecule has 2 unspecified atom stereocenters. The lowest BCUT2D eigenvalue weighted by molar-refractivity contribution is -0.0894. The minimum absolute atomic E-state index is 0.0432. The number of rotatable bonds is 3. The maximum Gasteiger partial charge on any atom is 0.410 e. The van der Waals surface area contributed by atoms with Gasteiger partial charge in [-0.05, 0) is 41.5 Å². The van der Waals surface area contributed by atoms with Crippen molar-refractivity contribution in [3.05, 3.63) is 83.9 Å². The summed E-state index contributed by atoms with van der Waals surface area (Å²) in [5, 5.41) is 11.4. The molecule has 2 saturated heterocycles. The van der Waals surface area contributed by atoms with Gasteiger partial charge >= 0.3 is 6.09 Å². The fourth-order valence-electron chi connectivity index (χ4n) is 6.17. The molecular weight excluding hydrogens is 414 g/mol. The monoisotopic (exact) mass is 441 g/mol. The Morgan fingerprint density at radius 3 is 2.15 bits per heavy atom. The number of amides is 1. The number of fused-ring (bicyclic) bond motifs is 5. The number of aromatic nitrogens is 2. The van der Waals surface area contributed by atoms with Crippen molar-refractivity contribution in [3.8, 4) is 11.1 Å². The molecule has 33 heavy (non-hydrogen) atoms. The average Bonchev–Trinajstić information content (AvgIpc) is 3.16. The molecule has 2 aromatic carbocycles. The van der Waals surface area contributed by atoms with E-state index in [1.807, 2.05) is 17.0 Å². The summed E-state index contributed by atoms with van der Waals surface area (Å²) in [6.07, 6.45) is 8.36. The van der Waals surface area contributed by atoms with Crippen LogP contribution in [-0.2, 0) is 10.3 Å². The van der Waals surface area contributed by atoms with Crippen LogP contribution in [0.1, 0.15) is 54.7 Å². The smallest absolute Gasteiger partial charge is 0.410 e. The number of aliphatic hydroxyl groups is 1. The first-order valence-corrected chi connectivity index (χ1v) is 11.8. The summed E-state index contributed by atoms with van der Waals surface area (Å²) in [6, 6.07) is 16.6. The maximum atomic E-state index is 13.3. The standard InChI is InChI=1S/C27H27N3O3/c31-26(33-16-25-23-10-3-1-8-21(23)22-9-2-4-11-24(22)25)30-19-6-5-7-20(30)13-27(32,12-19)18-14-28-17-29-15-18/h1-4,8-11,14-15,17,19-20,25,32H,5-7,12-13,16H2. The minimum Gasteiger partial charge on any atom is -0.448 e. The molecule has 6 heteroatoms. The van der Waals surface area contributed by atoms with Crippen LogP contribution in [0.15, 0.2) is 67.3 Å². The Kier molecular flexibility index (Phi) is 4.91.